The molecular weight excluding hydrogens is 700 g/mol. The van der Waals surface area contributed by atoms with Crippen molar-refractivity contribution >= 4 is 50.2 Å². The van der Waals surface area contributed by atoms with E-state index in [2.05, 4.69) is 5.32 Å². The Kier molecular flexibility index (Phi) is 12.8. The summed E-state index contributed by atoms with van der Waals surface area (Å²) in [6, 6.07) is 23.3. The number of sulfonamides is 1. The number of nitrogens with zero attached hydrogens (tertiary/aromatic N) is 4. The van der Waals surface area contributed by atoms with E-state index in [0.717, 1.165) is 22.2 Å². The molecule has 0 aliphatic carbocycles. The molecule has 2 heterocycles. The van der Waals surface area contributed by atoms with Crippen LogP contribution in [-0.2, 0) is 27.8 Å². The number of anilines is 1. The molecule has 4 N–H and O–H groups in total. The maximum Gasteiger partial charge on any atom is 0.321 e. The molecule has 13 heteroatoms. The fraction of sp³-hybridized carbons (Fsp3) is 0.410. The summed E-state index contributed by atoms with van der Waals surface area (Å²) < 4.78 is 29.1. The van der Waals surface area contributed by atoms with E-state index in [-0.39, 0.29) is 53.0 Å². The Morgan fingerprint density at radius 3 is 2.40 bits per heavy atom. The zero-order chi connectivity index (χ0) is 37.6. The van der Waals surface area contributed by atoms with Gasteiger partial charge in [0.2, 0.25) is 15.9 Å². The number of rotatable bonds is 16. The zero-order valence-corrected chi connectivity index (χ0v) is 31.7. The predicted molar refractivity (Wildman–Crippen MR) is 205 cm³/mol. The fourth-order valence-electron chi connectivity index (χ4n) is 6.59. The topological polar surface area (TPSA) is 149 Å². The van der Waals surface area contributed by atoms with Crippen LogP contribution < -0.4 is 11.1 Å². The number of aliphatic hydroxyl groups is 1. The van der Waals surface area contributed by atoms with Crippen LogP contribution in [-0.4, -0.2) is 88.9 Å². The van der Waals surface area contributed by atoms with Crippen molar-refractivity contribution in [2.45, 2.75) is 70.2 Å². The number of halogens is 1. The normalized spacial score (nSPS) is 16.0. The molecule has 2 unspecified atom stereocenters. The van der Waals surface area contributed by atoms with Crippen molar-refractivity contribution < 1.29 is 23.1 Å². The molecule has 0 radical (unpaired) electrons. The van der Waals surface area contributed by atoms with E-state index in [1.54, 1.807) is 9.80 Å². The van der Waals surface area contributed by atoms with Crippen LogP contribution >= 0.6 is 11.6 Å². The van der Waals surface area contributed by atoms with E-state index in [1.807, 2.05) is 94.4 Å². The van der Waals surface area contributed by atoms with Gasteiger partial charge < -0.3 is 26.0 Å². The minimum atomic E-state index is -4.11. The van der Waals surface area contributed by atoms with Crippen molar-refractivity contribution in [3.05, 3.63) is 101 Å². The second kappa shape index (κ2) is 17.1. The van der Waals surface area contributed by atoms with Crippen molar-refractivity contribution in [1.29, 1.82) is 0 Å². The van der Waals surface area contributed by atoms with Gasteiger partial charge in [-0.25, -0.2) is 13.2 Å². The van der Waals surface area contributed by atoms with E-state index in [0.29, 0.717) is 26.1 Å². The number of benzene rings is 3. The van der Waals surface area contributed by atoms with E-state index < -0.39 is 34.1 Å². The van der Waals surface area contributed by atoms with Crippen LogP contribution in [0.1, 0.15) is 45.4 Å². The molecule has 1 aliphatic heterocycles. The summed E-state index contributed by atoms with van der Waals surface area (Å²) in [6.45, 7) is 8.60. The molecule has 0 spiro atoms. The summed E-state index contributed by atoms with van der Waals surface area (Å²) in [5, 5.41) is 16.1. The number of fused-ring (bicyclic) bond motifs is 1. The molecule has 1 aromatic heterocycles. The van der Waals surface area contributed by atoms with Crippen LogP contribution in [0.15, 0.2) is 89.8 Å². The standard InChI is InChI=1S/C39H49ClN6O5S/c1-5-27(4)37(46-20-19-44(39(46)49)24-30-16-15-29-13-9-10-14-34(29)42-30)38(48)43-35(21-28-11-7-6-8-12-28)36(47)25-45(23-26(2)3)52(50,51)31-17-18-32(40)33(41)22-31/h6-18,22,26-27,35-37,47H,5,19-21,23-25,41H2,1-4H3,(H,43,48)/t27?,35-,36+,37?/m0/s1. The highest BCUT2D eigenvalue weighted by atomic mass is 35.5. The minimum Gasteiger partial charge on any atom is -0.397 e. The molecule has 3 amide bonds. The summed E-state index contributed by atoms with van der Waals surface area (Å²) >= 11 is 6.08. The van der Waals surface area contributed by atoms with Gasteiger partial charge in [-0.3, -0.25) is 9.78 Å². The number of nitrogens with one attached hydrogen (secondary N) is 1. The number of aliphatic hydroxyl groups excluding tert-OH is 1. The van der Waals surface area contributed by atoms with Gasteiger partial charge in [0.05, 0.1) is 45.5 Å². The van der Waals surface area contributed by atoms with E-state index >= 15 is 0 Å². The summed E-state index contributed by atoms with van der Waals surface area (Å²) in [5.74, 6) is -0.681. The van der Waals surface area contributed by atoms with E-state index in [1.165, 1.54) is 22.5 Å². The Labute approximate surface area is 311 Å². The molecule has 1 aliphatic rings. The SMILES string of the molecule is CCC(C)C(C(=O)N[C@@H](Cc1ccccc1)[C@H](O)CN(CC(C)C)S(=O)(=O)c1ccc(Cl)c(N)c1)N1CCN(Cc2ccc3ccccc3n2)C1=O. The number of nitrogen functional groups attached to an aromatic ring is 1. The van der Waals surface area contributed by atoms with Gasteiger partial charge in [0, 0.05) is 31.6 Å². The average Bonchev–Trinajstić information content (AvgIpc) is 3.47. The molecule has 11 nitrogen and oxygen atoms in total. The Balaban J connectivity index is 1.38. The third-order valence-electron chi connectivity index (χ3n) is 9.58. The fourth-order valence-corrected chi connectivity index (χ4v) is 8.37. The van der Waals surface area contributed by atoms with Gasteiger partial charge in [-0.15, -0.1) is 0 Å². The first-order valence-corrected chi connectivity index (χ1v) is 19.6. The van der Waals surface area contributed by atoms with Crippen molar-refractivity contribution in [2.24, 2.45) is 11.8 Å². The highest BCUT2D eigenvalue weighted by Crippen LogP contribution is 2.27. The van der Waals surface area contributed by atoms with Crippen LogP contribution in [0.4, 0.5) is 10.5 Å². The van der Waals surface area contributed by atoms with Gasteiger partial charge in [0.15, 0.2) is 0 Å². The molecule has 1 saturated heterocycles. The number of urea groups is 1. The number of hydrogen-bond acceptors (Lipinski definition) is 7. The average molecular weight is 749 g/mol. The number of aromatic nitrogens is 1. The second-order valence-electron chi connectivity index (χ2n) is 14.0. The molecule has 0 bridgehead atoms. The van der Waals surface area contributed by atoms with E-state index in [9.17, 15) is 23.1 Å². The Bertz CT molecular complexity index is 1960. The second-order valence-corrected chi connectivity index (χ2v) is 16.3. The van der Waals surface area contributed by atoms with Gasteiger partial charge in [-0.2, -0.15) is 4.31 Å². The number of hydrogen-bond donors (Lipinski definition) is 3. The number of carbonyl (C=O) groups is 2. The third kappa shape index (κ3) is 9.22. The minimum absolute atomic E-state index is 0.0429. The molecule has 1 fully saturated rings. The molecule has 4 atom stereocenters. The van der Waals surface area contributed by atoms with E-state index in [4.69, 9.17) is 22.3 Å². The number of nitrogens with two attached hydrogens (primary N) is 1. The first-order valence-electron chi connectivity index (χ1n) is 17.8. The van der Waals surface area contributed by atoms with Crippen molar-refractivity contribution in [2.75, 3.05) is 31.9 Å². The largest absolute Gasteiger partial charge is 0.397 e. The van der Waals surface area contributed by atoms with Crippen LogP contribution in [0.2, 0.25) is 5.02 Å². The van der Waals surface area contributed by atoms with Gasteiger partial charge in [-0.1, -0.05) is 100 Å². The lowest BCUT2D eigenvalue weighted by Crippen LogP contribution is -2.57. The predicted octanol–water partition coefficient (Wildman–Crippen LogP) is 5.56. The van der Waals surface area contributed by atoms with Gasteiger partial charge in [0.25, 0.3) is 0 Å². The van der Waals surface area contributed by atoms with Gasteiger partial charge in [0.1, 0.15) is 6.04 Å². The smallest absolute Gasteiger partial charge is 0.321 e. The lowest BCUT2D eigenvalue weighted by Gasteiger charge is -2.35. The maximum atomic E-state index is 14.3. The van der Waals surface area contributed by atoms with Crippen LogP contribution in [0.5, 0.6) is 0 Å². The first-order chi connectivity index (χ1) is 24.8. The molecule has 52 heavy (non-hydrogen) atoms. The maximum absolute atomic E-state index is 14.3. The lowest BCUT2D eigenvalue weighted by atomic mass is 9.95. The summed E-state index contributed by atoms with van der Waals surface area (Å²) in [5.41, 5.74) is 8.54. The summed E-state index contributed by atoms with van der Waals surface area (Å²) in [4.78, 5) is 36.2. The molecule has 4 aromatic rings. The van der Waals surface area contributed by atoms with Crippen molar-refractivity contribution in [3.8, 4) is 0 Å². The molecule has 3 aromatic carbocycles. The molecule has 278 valence electrons. The Morgan fingerprint density at radius 2 is 1.71 bits per heavy atom. The van der Waals surface area contributed by atoms with Crippen molar-refractivity contribution in [1.82, 2.24) is 24.4 Å². The van der Waals surface area contributed by atoms with Crippen LogP contribution in [0.25, 0.3) is 10.9 Å². The first kappa shape index (κ1) is 39.0. The van der Waals surface area contributed by atoms with Crippen LogP contribution in [0, 0.1) is 11.8 Å². The van der Waals surface area contributed by atoms with Crippen molar-refractivity contribution in [3.63, 3.8) is 0 Å². The highest BCUT2D eigenvalue weighted by Gasteiger charge is 2.41. The van der Waals surface area contributed by atoms with Gasteiger partial charge >= 0.3 is 6.03 Å². The van der Waals surface area contributed by atoms with Crippen LogP contribution in [0.3, 0.4) is 0 Å². The lowest BCUT2D eigenvalue weighted by molar-refractivity contribution is -0.128. The third-order valence-corrected chi connectivity index (χ3v) is 11.8. The van der Waals surface area contributed by atoms with Gasteiger partial charge in [-0.05, 0) is 54.2 Å². The summed E-state index contributed by atoms with van der Waals surface area (Å²) in [7, 11) is -4.11. The monoisotopic (exact) mass is 748 g/mol. The zero-order valence-electron chi connectivity index (χ0n) is 30.2. The molecule has 5 rings (SSSR count). The molecular formula is C39H49ClN6O5S. The highest BCUT2D eigenvalue weighted by molar-refractivity contribution is 7.89. The molecule has 0 saturated carbocycles. The number of carbonyl (C=O) groups excluding carboxylic acids is 2. The number of pyridine rings is 1. The Hall–Kier alpha value is -4.23. The number of para-hydroxylation sites is 1. The number of amides is 3. The quantitative estimate of drug-likeness (QED) is 0.127. The Morgan fingerprint density at radius 1 is 1.00 bits per heavy atom. The summed E-state index contributed by atoms with van der Waals surface area (Å²) in [6.07, 6.45) is -0.437.